The fraction of sp³-hybridized carbons (Fsp3) is 0.476. The van der Waals surface area contributed by atoms with Crippen LogP contribution in [-0.4, -0.2) is 22.0 Å². The Bertz CT molecular complexity index is 766. The van der Waals surface area contributed by atoms with E-state index in [4.69, 9.17) is 0 Å². The number of hydrogen-bond acceptors (Lipinski definition) is 3. The van der Waals surface area contributed by atoms with E-state index in [0.717, 1.165) is 35.4 Å². The third-order valence-corrected chi connectivity index (χ3v) is 5.11. The fourth-order valence-electron chi connectivity index (χ4n) is 3.65. The second-order valence-corrected chi connectivity index (χ2v) is 7.01. The van der Waals surface area contributed by atoms with Crippen LogP contribution in [0.25, 0.3) is 0 Å². The highest BCUT2D eigenvalue weighted by molar-refractivity contribution is 6.12. The van der Waals surface area contributed by atoms with Gasteiger partial charge in [0.25, 0.3) is 0 Å². The van der Waals surface area contributed by atoms with Crippen molar-refractivity contribution in [3.05, 3.63) is 51.6 Å². The number of nitrogens with zero attached hydrogens (tertiary/aromatic N) is 1. The minimum atomic E-state index is -0.182. The molecule has 4 nitrogen and oxygen atoms in total. The normalized spacial score (nSPS) is 13.5. The Hall–Kier alpha value is -2.23. The molecule has 0 spiro atoms. The van der Waals surface area contributed by atoms with Gasteiger partial charge in [-0.25, -0.2) is 4.98 Å². The Morgan fingerprint density at radius 3 is 2.24 bits per heavy atom. The van der Waals surface area contributed by atoms with E-state index in [2.05, 4.69) is 30.7 Å². The van der Waals surface area contributed by atoms with Crippen LogP contribution in [0.5, 0.6) is 0 Å². The molecule has 25 heavy (non-hydrogen) atoms. The molecule has 0 radical (unpaired) electrons. The van der Waals surface area contributed by atoms with Crippen molar-refractivity contribution in [2.45, 2.75) is 60.3 Å². The van der Waals surface area contributed by atoms with Crippen molar-refractivity contribution in [3.8, 4) is 0 Å². The summed E-state index contributed by atoms with van der Waals surface area (Å²) < 4.78 is 0. The lowest BCUT2D eigenvalue weighted by molar-refractivity contribution is 0.102. The lowest BCUT2D eigenvalue weighted by atomic mass is 9.89. The number of aldehydes is 1. The molecule has 1 heterocycles. The van der Waals surface area contributed by atoms with Crippen molar-refractivity contribution < 1.29 is 9.59 Å². The highest BCUT2D eigenvalue weighted by Crippen LogP contribution is 2.29. The zero-order chi connectivity index (χ0) is 18.7. The Balaban J connectivity index is 2.53. The number of ketones is 1. The molecular formula is C21H28N2O2. The molecule has 0 saturated carbocycles. The molecule has 0 bridgehead atoms. The van der Waals surface area contributed by atoms with Crippen molar-refractivity contribution >= 4 is 12.1 Å². The number of carbonyl (C=O) groups excluding carboxylic acids is 2. The molecule has 2 aromatic rings. The lowest BCUT2D eigenvalue weighted by Crippen LogP contribution is -2.11. The second-order valence-electron chi connectivity index (χ2n) is 7.01. The van der Waals surface area contributed by atoms with Gasteiger partial charge in [-0.3, -0.25) is 9.59 Å². The second kappa shape index (κ2) is 7.77. The van der Waals surface area contributed by atoms with Crippen molar-refractivity contribution in [1.29, 1.82) is 0 Å². The maximum absolute atomic E-state index is 13.1. The Morgan fingerprint density at radius 1 is 1.16 bits per heavy atom. The summed E-state index contributed by atoms with van der Waals surface area (Å²) in [7, 11) is 0. The number of carbonyl (C=O) groups is 2. The molecule has 0 aliphatic rings. The Kier molecular flexibility index (Phi) is 5.93. The monoisotopic (exact) mass is 340 g/mol. The highest BCUT2D eigenvalue weighted by Gasteiger charge is 2.26. The molecule has 0 aliphatic carbocycles. The number of aryl methyl sites for hydroxylation is 3. The summed E-state index contributed by atoms with van der Waals surface area (Å²) in [6.45, 7) is 12.3. The predicted molar refractivity (Wildman–Crippen MR) is 101 cm³/mol. The van der Waals surface area contributed by atoms with E-state index < -0.39 is 0 Å². The van der Waals surface area contributed by atoms with E-state index >= 15 is 0 Å². The maximum Gasteiger partial charge on any atom is 0.214 e. The van der Waals surface area contributed by atoms with Gasteiger partial charge in [-0.1, -0.05) is 44.9 Å². The lowest BCUT2D eigenvalue weighted by Gasteiger charge is -2.18. The van der Waals surface area contributed by atoms with Gasteiger partial charge in [0, 0.05) is 11.5 Å². The van der Waals surface area contributed by atoms with Crippen molar-refractivity contribution in [2.24, 2.45) is 5.92 Å². The smallest absolute Gasteiger partial charge is 0.214 e. The molecule has 2 atom stereocenters. The minimum Gasteiger partial charge on any atom is -0.339 e. The fourth-order valence-corrected chi connectivity index (χ4v) is 3.65. The van der Waals surface area contributed by atoms with Crippen LogP contribution in [0.15, 0.2) is 12.1 Å². The SMILES string of the molecule is CCC(C)C(CC)c1nc(C(=O)c2c(C)cc(C)cc2C)c(C=O)[nH]1. The number of H-pyrrole nitrogens is 1. The van der Waals surface area contributed by atoms with Gasteiger partial charge in [-0.15, -0.1) is 0 Å². The molecule has 0 fully saturated rings. The van der Waals surface area contributed by atoms with Crippen LogP contribution in [0.3, 0.4) is 0 Å². The van der Waals surface area contributed by atoms with Gasteiger partial charge in [0.2, 0.25) is 5.78 Å². The van der Waals surface area contributed by atoms with Gasteiger partial charge < -0.3 is 4.98 Å². The quantitative estimate of drug-likeness (QED) is 0.575. The molecular weight excluding hydrogens is 312 g/mol. The van der Waals surface area contributed by atoms with Crippen LogP contribution < -0.4 is 0 Å². The van der Waals surface area contributed by atoms with Gasteiger partial charge in [0.1, 0.15) is 17.2 Å². The van der Waals surface area contributed by atoms with E-state index in [0.29, 0.717) is 17.8 Å². The molecule has 0 amide bonds. The third kappa shape index (κ3) is 3.73. The number of aromatic nitrogens is 2. The van der Waals surface area contributed by atoms with E-state index in [9.17, 15) is 9.59 Å². The highest BCUT2D eigenvalue weighted by atomic mass is 16.1. The molecule has 2 unspecified atom stereocenters. The molecule has 4 heteroatoms. The van der Waals surface area contributed by atoms with Crippen LogP contribution in [0.1, 0.15) is 88.6 Å². The van der Waals surface area contributed by atoms with Gasteiger partial charge >= 0.3 is 0 Å². The van der Waals surface area contributed by atoms with Gasteiger partial charge in [0.05, 0.1) is 0 Å². The number of nitrogens with one attached hydrogen (secondary N) is 1. The molecule has 134 valence electrons. The molecule has 1 aromatic heterocycles. The Labute approximate surface area is 150 Å². The van der Waals surface area contributed by atoms with Crippen molar-refractivity contribution in [3.63, 3.8) is 0 Å². The third-order valence-electron chi connectivity index (χ3n) is 5.11. The van der Waals surface area contributed by atoms with Crippen LogP contribution in [-0.2, 0) is 0 Å². The standard InChI is InChI=1S/C21H28N2O2/c1-7-13(4)16(8-2)21-22-17(11-24)19(23-21)20(25)18-14(5)9-12(3)10-15(18)6/h9-11,13,16H,7-8H2,1-6H3,(H,22,23). The summed E-state index contributed by atoms with van der Waals surface area (Å²) in [6, 6.07) is 3.98. The topological polar surface area (TPSA) is 62.8 Å². The largest absolute Gasteiger partial charge is 0.339 e. The first kappa shape index (κ1) is 19.1. The average Bonchev–Trinajstić information content (AvgIpc) is 2.98. The number of hydrogen-bond donors (Lipinski definition) is 1. The zero-order valence-corrected chi connectivity index (χ0v) is 16.1. The first-order valence-electron chi connectivity index (χ1n) is 9.01. The maximum atomic E-state index is 13.1. The van der Waals surface area contributed by atoms with Crippen LogP contribution in [0.2, 0.25) is 0 Å². The first-order valence-corrected chi connectivity index (χ1v) is 9.01. The molecule has 0 aliphatic heterocycles. The molecule has 2 rings (SSSR count). The summed E-state index contributed by atoms with van der Waals surface area (Å²) in [5.74, 6) is 1.20. The van der Waals surface area contributed by atoms with E-state index in [1.807, 2.05) is 32.9 Å². The van der Waals surface area contributed by atoms with Crippen LogP contribution in [0.4, 0.5) is 0 Å². The van der Waals surface area contributed by atoms with E-state index in [-0.39, 0.29) is 23.1 Å². The van der Waals surface area contributed by atoms with Crippen LogP contribution in [0, 0.1) is 26.7 Å². The van der Waals surface area contributed by atoms with Crippen molar-refractivity contribution in [1.82, 2.24) is 9.97 Å². The zero-order valence-electron chi connectivity index (χ0n) is 16.1. The summed E-state index contributed by atoms with van der Waals surface area (Å²) in [6.07, 6.45) is 2.64. The average molecular weight is 340 g/mol. The minimum absolute atomic E-state index is 0.182. The summed E-state index contributed by atoms with van der Waals surface area (Å²) >= 11 is 0. The van der Waals surface area contributed by atoms with Crippen LogP contribution >= 0.6 is 0 Å². The molecule has 0 saturated heterocycles. The number of aromatic amines is 1. The van der Waals surface area contributed by atoms with E-state index in [1.54, 1.807) is 0 Å². The van der Waals surface area contributed by atoms with E-state index in [1.165, 1.54) is 0 Å². The Morgan fingerprint density at radius 2 is 1.76 bits per heavy atom. The summed E-state index contributed by atoms with van der Waals surface area (Å²) in [5.41, 5.74) is 4.11. The predicted octanol–water partition coefficient (Wildman–Crippen LogP) is 4.92. The number of imidazole rings is 1. The van der Waals surface area contributed by atoms with Crippen molar-refractivity contribution in [2.75, 3.05) is 0 Å². The van der Waals surface area contributed by atoms with Gasteiger partial charge in [0.15, 0.2) is 6.29 Å². The van der Waals surface area contributed by atoms with Gasteiger partial charge in [-0.05, 0) is 44.2 Å². The molecule has 1 N–H and O–H groups in total. The van der Waals surface area contributed by atoms with Gasteiger partial charge in [-0.2, -0.15) is 0 Å². The first-order chi connectivity index (χ1) is 11.8. The summed E-state index contributed by atoms with van der Waals surface area (Å²) in [5, 5.41) is 0. The summed E-state index contributed by atoms with van der Waals surface area (Å²) in [4.78, 5) is 32.3. The number of rotatable bonds is 7. The number of benzene rings is 1. The molecule has 1 aromatic carbocycles.